The van der Waals surface area contributed by atoms with Crippen LogP contribution in [0.25, 0.3) is 10.9 Å². The van der Waals surface area contributed by atoms with Crippen molar-refractivity contribution in [1.29, 1.82) is 0 Å². The van der Waals surface area contributed by atoms with Gasteiger partial charge in [0.15, 0.2) is 0 Å². The number of para-hydroxylation sites is 1. The smallest absolute Gasteiger partial charge is 0.127 e. The van der Waals surface area contributed by atoms with Crippen LogP contribution in [-0.4, -0.2) is 21.4 Å². The highest BCUT2D eigenvalue weighted by Crippen LogP contribution is 2.45. The molecule has 0 saturated carbocycles. The van der Waals surface area contributed by atoms with Crippen LogP contribution in [0.4, 0.5) is 4.39 Å². The molecule has 3 aromatic rings. The molecule has 0 amide bonds. The van der Waals surface area contributed by atoms with E-state index in [-0.39, 0.29) is 5.82 Å². The highest BCUT2D eigenvalue weighted by Gasteiger charge is 2.46. The molecule has 0 bridgehead atoms. The highest BCUT2D eigenvalue weighted by molar-refractivity contribution is 6.19. The normalized spacial score (nSPS) is 18.3. The molecule has 0 spiro atoms. The van der Waals surface area contributed by atoms with Gasteiger partial charge in [-0.2, -0.15) is 5.10 Å². The fraction of sp³-hybridized carbons (Fsp3) is 0.300. The molecule has 122 valence electrons. The van der Waals surface area contributed by atoms with Gasteiger partial charge in [-0.1, -0.05) is 44.2 Å². The first-order chi connectivity index (χ1) is 11.3. The predicted molar refractivity (Wildman–Crippen MR) is 95.2 cm³/mol. The lowest BCUT2D eigenvalue weighted by molar-refractivity contribution is 0.293. The molecule has 0 aliphatic carbocycles. The van der Waals surface area contributed by atoms with E-state index in [1.165, 1.54) is 6.07 Å². The Labute approximate surface area is 140 Å². The lowest BCUT2D eigenvalue weighted by atomic mass is 9.65. The molecule has 0 saturated heterocycles. The van der Waals surface area contributed by atoms with Crippen molar-refractivity contribution in [3.8, 4) is 0 Å². The highest BCUT2D eigenvalue weighted by atomic mass is 19.1. The number of benzene rings is 2. The van der Waals surface area contributed by atoms with Crippen molar-refractivity contribution in [1.82, 2.24) is 10.2 Å². The van der Waals surface area contributed by atoms with Crippen molar-refractivity contribution in [3.05, 3.63) is 65.1 Å². The SMILES string of the molecule is CC1(C)N=C(c2n[nH]c3ccccc23)c2cccc(F)c2C1(C)C. The number of aliphatic imine (C=N–C) groups is 1. The van der Waals surface area contributed by atoms with Gasteiger partial charge in [-0.25, -0.2) is 4.39 Å². The van der Waals surface area contributed by atoms with Gasteiger partial charge < -0.3 is 0 Å². The maximum absolute atomic E-state index is 14.8. The van der Waals surface area contributed by atoms with E-state index in [0.29, 0.717) is 5.56 Å². The molecule has 0 radical (unpaired) electrons. The van der Waals surface area contributed by atoms with Crippen LogP contribution in [-0.2, 0) is 5.41 Å². The quantitative estimate of drug-likeness (QED) is 0.698. The maximum Gasteiger partial charge on any atom is 0.127 e. The number of fused-ring (bicyclic) bond motifs is 2. The molecule has 0 fully saturated rings. The van der Waals surface area contributed by atoms with Gasteiger partial charge in [0.1, 0.15) is 11.5 Å². The van der Waals surface area contributed by atoms with Gasteiger partial charge in [-0.05, 0) is 26.0 Å². The Bertz CT molecular complexity index is 979. The molecule has 24 heavy (non-hydrogen) atoms. The summed E-state index contributed by atoms with van der Waals surface area (Å²) >= 11 is 0. The molecule has 3 nitrogen and oxygen atoms in total. The molecular weight excluding hydrogens is 301 g/mol. The summed E-state index contributed by atoms with van der Waals surface area (Å²) in [6.07, 6.45) is 0. The Morgan fingerprint density at radius 1 is 0.958 bits per heavy atom. The van der Waals surface area contributed by atoms with Crippen LogP contribution in [0.2, 0.25) is 0 Å². The largest absolute Gasteiger partial charge is 0.277 e. The fourth-order valence-corrected chi connectivity index (χ4v) is 3.47. The summed E-state index contributed by atoms with van der Waals surface area (Å²) in [5, 5.41) is 8.54. The summed E-state index contributed by atoms with van der Waals surface area (Å²) in [6.45, 7) is 8.21. The van der Waals surface area contributed by atoms with Crippen molar-refractivity contribution in [2.45, 2.75) is 38.6 Å². The van der Waals surface area contributed by atoms with Crippen LogP contribution in [0.3, 0.4) is 0 Å². The number of hydrogen-bond acceptors (Lipinski definition) is 2. The molecule has 1 aliphatic rings. The molecule has 2 heterocycles. The van der Waals surface area contributed by atoms with Crippen molar-refractivity contribution in [3.63, 3.8) is 0 Å². The Balaban J connectivity index is 2.07. The topological polar surface area (TPSA) is 41.0 Å². The van der Waals surface area contributed by atoms with E-state index in [1.807, 2.05) is 30.3 Å². The van der Waals surface area contributed by atoms with Gasteiger partial charge >= 0.3 is 0 Å². The van der Waals surface area contributed by atoms with Crippen molar-refractivity contribution >= 4 is 16.6 Å². The van der Waals surface area contributed by atoms with Crippen LogP contribution in [0, 0.1) is 5.82 Å². The summed E-state index contributed by atoms with van der Waals surface area (Å²) in [5.41, 5.74) is 3.17. The van der Waals surface area contributed by atoms with E-state index in [2.05, 4.69) is 37.9 Å². The van der Waals surface area contributed by atoms with E-state index in [9.17, 15) is 4.39 Å². The van der Waals surface area contributed by atoms with Crippen LogP contribution in [0.5, 0.6) is 0 Å². The van der Waals surface area contributed by atoms with Crippen LogP contribution >= 0.6 is 0 Å². The molecule has 4 rings (SSSR count). The Kier molecular flexibility index (Phi) is 2.99. The number of nitrogens with zero attached hydrogens (tertiary/aromatic N) is 2. The summed E-state index contributed by atoms with van der Waals surface area (Å²) < 4.78 is 14.8. The fourth-order valence-electron chi connectivity index (χ4n) is 3.47. The predicted octanol–water partition coefficient (Wildman–Crippen LogP) is 4.61. The zero-order valence-corrected chi connectivity index (χ0v) is 14.3. The molecular formula is C20H20FN3. The molecule has 0 unspecified atom stereocenters. The first-order valence-electron chi connectivity index (χ1n) is 8.15. The number of nitrogens with one attached hydrogen (secondary N) is 1. The number of aromatic amines is 1. The third-order valence-electron chi connectivity index (χ3n) is 5.51. The first kappa shape index (κ1) is 15.1. The zero-order valence-electron chi connectivity index (χ0n) is 14.3. The van der Waals surface area contributed by atoms with Crippen LogP contribution < -0.4 is 0 Å². The second-order valence-electron chi connectivity index (χ2n) is 7.42. The summed E-state index contributed by atoms with van der Waals surface area (Å²) in [7, 11) is 0. The minimum Gasteiger partial charge on any atom is -0.277 e. The van der Waals surface area contributed by atoms with Crippen LogP contribution in [0.15, 0.2) is 47.5 Å². The van der Waals surface area contributed by atoms with E-state index in [0.717, 1.165) is 27.9 Å². The monoisotopic (exact) mass is 321 g/mol. The standard InChI is InChI=1S/C20H20FN3/c1-19(2)16-13(9-7-10-14(16)21)17(22-20(19,3)4)18-12-8-5-6-11-15(12)23-24-18/h5-11H,1-4H3,(H,23,24). The zero-order chi connectivity index (χ0) is 17.1. The van der Waals surface area contributed by atoms with Crippen molar-refractivity contribution < 1.29 is 4.39 Å². The van der Waals surface area contributed by atoms with Crippen molar-refractivity contribution in [2.24, 2.45) is 4.99 Å². The minimum atomic E-state index is -0.447. The second kappa shape index (κ2) is 4.76. The van der Waals surface area contributed by atoms with Gasteiger partial charge in [-0.3, -0.25) is 10.1 Å². The molecule has 1 aliphatic heterocycles. The number of H-pyrrole nitrogens is 1. The maximum atomic E-state index is 14.8. The number of rotatable bonds is 1. The average molecular weight is 321 g/mol. The molecule has 1 aromatic heterocycles. The third kappa shape index (κ3) is 1.89. The lowest BCUT2D eigenvalue weighted by Gasteiger charge is -2.44. The Hall–Kier alpha value is -2.49. The number of halogens is 1. The summed E-state index contributed by atoms with van der Waals surface area (Å²) in [4.78, 5) is 5.01. The van der Waals surface area contributed by atoms with Gasteiger partial charge in [0.25, 0.3) is 0 Å². The van der Waals surface area contributed by atoms with Crippen LogP contribution in [0.1, 0.15) is 44.5 Å². The summed E-state index contributed by atoms with van der Waals surface area (Å²) in [5.74, 6) is -0.183. The molecule has 1 N–H and O–H groups in total. The number of hydrogen-bond donors (Lipinski definition) is 1. The van der Waals surface area contributed by atoms with Crippen molar-refractivity contribution in [2.75, 3.05) is 0 Å². The Morgan fingerprint density at radius 2 is 1.71 bits per heavy atom. The van der Waals surface area contributed by atoms with E-state index >= 15 is 0 Å². The minimum absolute atomic E-state index is 0.183. The molecule has 0 atom stereocenters. The number of aromatic nitrogens is 2. The summed E-state index contributed by atoms with van der Waals surface area (Å²) in [6, 6.07) is 13.2. The third-order valence-corrected chi connectivity index (χ3v) is 5.51. The lowest BCUT2D eigenvalue weighted by Crippen LogP contribution is -2.46. The molecule has 2 aromatic carbocycles. The van der Waals surface area contributed by atoms with E-state index < -0.39 is 11.0 Å². The van der Waals surface area contributed by atoms with Gasteiger partial charge in [0.05, 0.1) is 16.8 Å². The average Bonchev–Trinajstić information content (AvgIpc) is 2.95. The Morgan fingerprint density at radius 3 is 2.50 bits per heavy atom. The first-order valence-corrected chi connectivity index (χ1v) is 8.15. The van der Waals surface area contributed by atoms with E-state index in [4.69, 9.17) is 4.99 Å². The van der Waals surface area contributed by atoms with Gasteiger partial charge in [0.2, 0.25) is 0 Å². The molecule has 4 heteroatoms. The second-order valence-corrected chi connectivity index (χ2v) is 7.42. The van der Waals surface area contributed by atoms with Gasteiger partial charge in [0, 0.05) is 21.9 Å². The van der Waals surface area contributed by atoms with E-state index in [1.54, 1.807) is 6.07 Å². The van der Waals surface area contributed by atoms with Gasteiger partial charge in [-0.15, -0.1) is 0 Å².